The molecule has 0 unspecified atom stereocenters. The molecule has 0 fully saturated rings. The van der Waals surface area contributed by atoms with Crippen molar-refractivity contribution in [1.29, 1.82) is 0 Å². The molecule has 0 spiro atoms. The van der Waals surface area contributed by atoms with Crippen molar-refractivity contribution in [3.63, 3.8) is 0 Å². The first kappa shape index (κ1) is 16.2. The normalized spacial score (nSPS) is 12.1. The third kappa shape index (κ3) is 4.14. The minimum atomic E-state index is -1.02. The number of rotatable bonds is 6. The summed E-state index contributed by atoms with van der Waals surface area (Å²) < 4.78 is 0. The molecule has 2 rings (SSSR count). The first-order valence-corrected chi connectivity index (χ1v) is 7.84. The van der Waals surface area contributed by atoms with E-state index >= 15 is 0 Å². The zero-order valence-electron chi connectivity index (χ0n) is 12.4. The second-order valence-corrected chi connectivity index (χ2v) is 6.42. The Morgan fingerprint density at radius 1 is 1.27 bits per heavy atom. The lowest BCUT2D eigenvalue weighted by Gasteiger charge is -2.15. The van der Waals surface area contributed by atoms with Gasteiger partial charge in [0.1, 0.15) is 15.9 Å². The van der Waals surface area contributed by atoms with Crippen LogP contribution >= 0.6 is 11.3 Å². The van der Waals surface area contributed by atoms with Gasteiger partial charge in [-0.05, 0) is 12.3 Å². The number of carbonyl (C=O) groups excluding carboxylic acids is 1. The van der Waals surface area contributed by atoms with E-state index in [4.69, 9.17) is 0 Å². The Morgan fingerprint density at radius 3 is 2.55 bits per heavy atom. The van der Waals surface area contributed by atoms with Crippen LogP contribution in [0.1, 0.15) is 29.9 Å². The van der Waals surface area contributed by atoms with E-state index in [1.54, 1.807) is 0 Å². The highest BCUT2D eigenvalue weighted by Crippen LogP contribution is 2.24. The first-order valence-electron chi connectivity index (χ1n) is 7.02. The number of carboxylic acid groups (broad SMARTS) is 1. The van der Waals surface area contributed by atoms with Crippen LogP contribution in [-0.4, -0.2) is 28.0 Å². The molecule has 1 heterocycles. The predicted molar refractivity (Wildman–Crippen MR) is 85.9 cm³/mol. The minimum absolute atomic E-state index is 0.183. The van der Waals surface area contributed by atoms with Crippen molar-refractivity contribution < 1.29 is 14.7 Å². The summed E-state index contributed by atoms with van der Waals surface area (Å²) in [6.45, 7) is 3.84. The summed E-state index contributed by atoms with van der Waals surface area (Å²) >= 11 is 1.25. The van der Waals surface area contributed by atoms with Crippen molar-refractivity contribution in [2.75, 3.05) is 0 Å². The van der Waals surface area contributed by atoms with Gasteiger partial charge in [0.15, 0.2) is 0 Å². The molecule has 0 saturated heterocycles. The van der Waals surface area contributed by atoms with Gasteiger partial charge in [0.2, 0.25) is 0 Å². The summed E-state index contributed by atoms with van der Waals surface area (Å²) in [5.41, 5.74) is 0.934. The zero-order chi connectivity index (χ0) is 16.1. The van der Waals surface area contributed by atoms with E-state index < -0.39 is 17.9 Å². The van der Waals surface area contributed by atoms with Crippen LogP contribution in [0.25, 0.3) is 10.6 Å². The maximum atomic E-state index is 12.2. The van der Waals surface area contributed by atoms with Gasteiger partial charge in [-0.15, -0.1) is 11.3 Å². The molecule has 22 heavy (non-hydrogen) atoms. The van der Waals surface area contributed by atoms with Crippen LogP contribution in [0.3, 0.4) is 0 Å². The number of hydrogen-bond acceptors (Lipinski definition) is 4. The number of thiazole rings is 1. The molecule has 0 aliphatic carbocycles. The number of nitrogens with zero attached hydrogens (tertiary/aromatic N) is 1. The smallest absolute Gasteiger partial charge is 0.326 e. The van der Waals surface area contributed by atoms with Crippen LogP contribution in [0.15, 0.2) is 36.5 Å². The van der Waals surface area contributed by atoms with Gasteiger partial charge in [0.05, 0.1) is 6.20 Å². The molecular formula is C16H18N2O3S. The molecule has 2 aromatic rings. The fourth-order valence-corrected chi connectivity index (χ4v) is 2.84. The van der Waals surface area contributed by atoms with Crippen LogP contribution < -0.4 is 5.32 Å². The molecule has 116 valence electrons. The lowest BCUT2D eigenvalue weighted by Crippen LogP contribution is -2.41. The Kier molecular flexibility index (Phi) is 5.27. The quantitative estimate of drug-likeness (QED) is 0.858. The van der Waals surface area contributed by atoms with Crippen molar-refractivity contribution in [3.8, 4) is 10.6 Å². The molecule has 0 aliphatic heterocycles. The van der Waals surface area contributed by atoms with Gasteiger partial charge in [-0.25, -0.2) is 9.78 Å². The fraction of sp³-hybridized carbons (Fsp3) is 0.312. The van der Waals surface area contributed by atoms with Crippen molar-refractivity contribution in [1.82, 2.24) is 10.3 Å². The van der Waals surface area contributed by atoms with Gasteiger partial charge >= 0.3 is 5.97 Å². The maximum Gasteiger partial charge on any atom is 0.326 e. The average Bonchev–Trinajstić information content (AvgIpc) is 2.96. The molecular weight excluding hydrogens is 300 g/mol. The molecule has 0 bridgehead atoms. The van der Waals surface area contributed by atoms with Gasteiger partial charge in [-0.3, -0.25) is 4.79 Å². The Balaban J connectivity index is 2.10. The monoisotopic (exact) mass is 318 g/mol. The zero-order valence-corrected chi connectivity index (χ0v) is 13.3. The highest BCUT2D eigenvalue weighted by Gasteiger charge is 2.22. The number of carboxylic acids is 1. The predicted octanol–water partition coefficient (Wildman–Crippen LogP) is 3.04. The van der Waals surface area contributed by atoms with E-state index in [9.17, 15) is 14.7 Å². The summed E-state index contributed by atoms with van der Waals surface area (Å²) in [7, 11) is 0. The molecule has 1 amide bonds. The summed E-state index contributed by atoms with van der Waals surface area (Å²) in [4.78, 5) is 28.0. The van der Waals surface area contributed by atoms with Crippen LogP contribution in [0, 0.1) is 5.92 Å². The lowest BCUT2D eigenvalue weighted by molar-refractivity contribution is -0.139. The SMILES string of the molecule is CC(C)C[C@@H](NC(=O)c1cnc(-c2ccccc2)s1)C(=O)O. The summed E-state index contributed by atoms with van der Waals surface area (Å²) in [5.74, 6) is -1.23. The summed E-state index contributed by atoms with van der Waals surface area (Å²) in [6, 6.07) is 8.67. The number of nitrogens with one attached hydrogen (secondary N) is 1. The molecule has 1 aromatic carbocycles. The minimum Gasteiger partial charge on any atom is -0.480 e. The Labute approximate surface area is 133 Å². The number of benzene rings is 1. The van der Waals surface area contributed by atoms with Crippen LogP contribution in [0.2, 0.25) is 0 Å². The number of hydrogen-bond donors (Lipinski definition) is 2. The largest absolute Gasteiger partial charge is 0.480 e. The summed E-state index contributed by atoms with van der Waals surface area (Å²) in [5, 5.41) is 12.5. The van der Waals surface area contributed by atoms with E-state index in [1.165, 1.54) is 17.5 Å². The average molecular weight is 318 g/mol. The summed E-state index contributed by atoms with van der Waals surface area (Å²) in [6.07, 6.45) is 1.88. The van der Waals surface area contributed by atoms with Gasteiger partial charge in [0.25, 0.3) is 5.91 Å². The van der Waals surface area contributed by atoms with Crippen molar-refractivity contribution in [2.24, 2.45) is 5.92 Å². The van der Waals surface area contributed by atoms with Crippen molar-refractivity contribution >= 4 is 23.2 Å². The van der Waals surface area contributed by atoms with Crippen molar-refractivity contribution in [2.45, 2.75) is 26.3 Å². The standard InChI is InChI=1S/C16H18N2O3S/c1-10(2)8-12(16(20)21)18-14(19)13-9-17-15(22-13)11-6-4-3-5-7-11/h3-7,9-10,12H,8H2,1-2H3,(H,18,19)(H,20,21)/t12-/m1/s1. The van der Waals surface area contributed by atoms with E-state index in [2.05, 4.69) is 10.3 Å². The van der Waals surface area contributed by atoms with Gasteiger partial charge < -0.3 is 10.4 Å². The van der Waals surface area contributed by atoms with E-state index in [0.29, 0.717) is 11.3 Å². The van der Waals surface area contributed by atoms with Crippen LogP contribution in [0.5, 0.6) is 0 Å². The molecule has 0 saturated carbocycles. The van der Waals surface area contributed by atoms with E-state index in [-0.39, 0.29) is 5.92 Å². The topological polar surface area (TPSA) is 79.3 Å². The highest BCUT2D eigenvalue weighted by atomic mass is 32.1. The van der Waals surface area contributed by atoms with Gasteiger partial charge in [-0.1, -0.05) is 44.2 Å². The number of amides is 1. The molecule has 1 aromatic heterocycles. The third-order valence-corrected chi connectivity index (χ3v) is 4.11. The third-order valence-electron chi connectivity index (χ3n) is 3.06. The van der Waals surface area contributed by atoms with Crippen molar-refractivity contribution in [3.05, 3.63) is 41.4 Å². The van der Waals surface area contributed by atoms with E-state index in [1.807, 2.05) is 44.2 Å². The fourth-order valence-electron chi connectivity index (χ4n) is 2.02. The molecule has 2 N–H and O–H groups in total. The molecule has 0 aliphatic rings. The first-order chi connectivity index (χ1) is 10.5. The molecule has 5 nitrogen and oxygen atoms in total. The Hall–Kier alpha value is -2.21. The number of aliphatic carboxylic acids is 1. The highest BCUT2D eigenvalue weighted by molar-refractivity contribution is 7.16. The van der Waals surface area contributed by atoms with Crippen LogP contribution in [0.4, 0.5) is 0 Å². The Morgan fingerprint density at radius 2 is 1.95 bits per heavy atom. The number of aromatic nitrogens is 1. The van der Waals surface area contributed by atoms with Gasteiger partial charge in [-0.2, -0.15) is 0 Å². The lowest BCUT2D eigenvalue weighted by atomic mass is 10.0. The Bertz CT molecular complexity index is 652. The second kappa shape index (κ2) is 7.17. The molecule has 1 atom stereocenters. The van der Waals surface area contributed by atoms with E-state index in [0.717, 1.165) is 10.6 Å². The molecule has 0 radical (unpaired) electrons. The second-order valence-electron chi connectivity index (χ2n) is 5.39. The van der Waals surface area contributed by atoms with Crippen LogP contribution in [-0.2, 0) is 4.79 Å². The number of carbonyl (C=O) groups is 2. The maximum absolute atomic E-state index is 12.2. The van der Waals surface area contributed by atoms with Gasteiger partial charge in [0, 0.05) is 5.56 Å². The molecule has 6 heteroatoms.